The van der Waals surface area contributed by atoms with Crippen molar-refractivity contribution in [3.8, 4) is 0 Å². The van der Waals surface area contributed by atoms with E-state index in [9.17, 15) is 0 Å². The molecule has 0 unspecified atom stereocenters. The van der Waals surface area contributed by atoms with Crippen LogP contribution in [0.2, 0.25) is 0 Å². The van der Waals surface area contributed by atoms with Gasteiger partial charge in [-0.2, -0.15) is 5.10 Å². The highest BCUT2D eigenvalue weighted by atomic mass is 15.3. The quantitative estimate of drug-likeness (QED) is 0.571. The predicted octanol–water partition coefficient (Wildman–Crippen LogP) is 1.75. The number of amidine groups is 1. The fraction of sp³-hybridized carbons (Fsp3) is 0.692. The Morgan fingerprint density at radius 1 is 1.61 bits per heavy atom. The normalized spacial score (nSPS) is 15.6. The average Bonchev–Trinajstić information content (AvgIpc) is 3.03. The third kappa shape index (κ3) is 3.57. The molecule has 2 rings (SSSR count). The second kappa shape index (κ2) is 5.52. The summed E-state index contributed by atoms with van der Waals surface area (Å²) < 4.78 is 1.99. The van der Waals surface area contributed by atoms with Gasteiger partial charge in [0.1, 0.15) is 0 Å². The second-order valence-electron chi connectivity index (χ2n) is 5.36. The molecule has 18 heavy (non-hydrogen) atoms. The predicted molar refractivity (Wildman–Crippen MR) is 72.6 cm³/mol. The van der Waals surface area contributed by atoms with E-state index >= 15 is 0 Å². The Balaban J connectivity index is 1.92. The Kier molecular flexibility index (Phi) is 4.01. The minimum absolute atomic E-state index is 0.272. The van der Waals surface area contributed by atoms with E-state index in [4.69, 9.17) is 11.1 Å². The molecule has 0 atom stereocenters. The van der Waals surface area contributed by atoms with Gasteiger partial charge in [-0.3, -0.25) is 15.0 Å². The molecular formula is C13H23N5. The first kappa shape index (κ1) is 13.1. The van der Waals surface area contributed by atoms with E-state index in [-0.39, 0.29) is 5.84 Å². The summed E-state index contributed by atoms with van der Waals surface area (Å²) in [5.41, 5.74) is 6.55. The lowest BCUT2D eigenvalue weighted by Crippen LogP contribution is -2.29. The Labute approximate surface area is 108 Å². The summed E-state index contributed by atoms with van der Waals surface area (Å²) in [5, 5.41) is 11.9. The molecule has 0 radical (unpaired) electrons. The van der Waals surface area contributed by atoms with Gasteiger partial charge in [-0.15, -0.1) is 0 Å². The van der Waals surface area contributed by atoms with Crippen molar-refractivity contribution in [2.45, 2.75) is 51.7 Å². The molecule has 1 saturated carbocycles. The van der Waals surface area contributed by atoms with Crippen molar-refractivity contribution in [1.82, 2.24) is 14.7 Å². The molecule has 1 heterocycles. The molecule has 0 amide bonds. The van der Waals surface area contributed by atoms with E-state index in [1.165, 1.54) is 12.8 Å². The van der Waals surface area contributed by atoms with Crippen LogP contribution in [-0.2, 0) is 6.54 Å². The van der Waals surface area contributed by atoms with Crippen LogP contribution in [0.25, 0.3) is 0 Å². The molecule has 5 nitrogen and oxygen atoms in total. The summed E-state index contributed by atoms with van der Waals surface area (Å²) in [5.74, 6) is 0.272. The smallest absolute Gasteiger partial charge is 0.0918 e. The zero-order valence-corrected chi connectivity index (χ0v) is 11.3. The van der Waals surface area contributed by atoms with Gasteiger partial charge in [0.05, 0.1) is 11.5 Å². The minimum Gasteiger partial charge on any atom is -0.388 e. The van der Waals surface area contributed by atoms with Crippen LogP contribution in [0, 0.1) is 5.41 Å². The van der Waals surface area contributed by atoms with Crippen molar-refractivity contribution in [3.05, 3.63) is 18.0 Å². The molecule has 1 aromatic heterocycles. The Morgan fingerprint density at radius 3 is 2.83 bits per heavy atom. The maximum absolute atomic E-state index is 7.32. The molecular weight excluding hydrogens is 226 g/mol. The van der Waals surface area contributed by atoms with Gasteiger partial charge in [0, 0.05) is 37.8 Å². The van der Waals surface area contributed by atoms with E-state index in [0.717, 1.165) is 18.8 Å². The van der Waals surface area contributed by atoms with Crippen molar-refractivity contribution in [3.63, 3.8) is 0 Å². The van der Waals surface area contributed by atoms with Crippen molar-refractivity contribution in [2.75, 3.05) is 6.54 Å². The zero-order valence-electron chi connectivity index (χ0n) is 11.3. The van der Waals surface area contributed by atoms with Crippen LogP contribution < -0.4 is 5.73 Å². The van der Waals surface area contributed by atoms with Gasteiger partial charge in [0.15, 0.2) is 0 Å². The van der Waals surface area contributed by atoms with Gasteiger partial charge in [-0.25, -0.2) is 0 Å². The Hall–Kier alpha value is -1.36. The summed E-state index contributed by atoms with van der Waals surface area (Å²) in [7, 11) is 0. The van der Waals surface area contributed by atoms with E-state index in [1.807, 2.05) is 10.9 Å². The summed E-state index contributed by atoms with van der Waals surface area (Å²) in [4.78, 5) is 2.40. The molecule has 0 spiro atoms. The Morgan fingerprint density at radius 2 is 2.33 bits per heavy atom. The largest absolute Gasteiger partial charge is 0.388 e. The first-order chi connectivity index (χ1) is 8.56. The van der Waals surface area contributed by atoms with Gasteiger partial charge in [-0.1, -0.05) is 0 Å². The van der Waals surface area contributed by atoms with Gasteiger partial charge >= 0.3 is 0 Å². The van der Waals surface area contributed by atoms with Crippen LogP contribution in [-0.4, -0.2) is 33.1 Å². The summed E-state index contributed by atoms with van der Waals surface area (Å²) >= 11 is 0. The van der Waals surface area contributed by atoms with Crippen molar-refractivity contribution >= 4 is 5.84 Å². The molecule has 0 saturated heterocycles. The van der Waals surface area contributed by atoms with E-state index in [1.54, 1.807) is 0 Å². The van der Waals surface area contributed by atoms with Gasteiger partial charge < -0.3 is 5.73 Å². The van der Waals surface area contributed by atoms with E-state index in [2.05, 4.69) is 29.9 Å². The van der Waals surface area contributed by atoms with Gasteiger partial charge in [0.2, 0.25) is 0 Å². The molecule has 5 heteroatoms. The highest BCUT2D eigenvalue weighted by molar-refractivity contribution is 5.76. The highest BCUT2D eigenvalue weighted by Gasteiger charge is 2.29. The van der Waals surface area contributed by atoms with Crippen LogP contribution in [0.5, 0.6) is 0 Å². The van der Waals surface area contributed by atoms with E-state index in [0.29, 0.717) is 18.5 Å². The molecule has 0 bridgehead atoms. The minimum atomic E-state index is 0.272. The molecule has 3 N–H and O–H groups in total. The number of hydrogen-bond donors (Lipinski definition) is 2. The SMILES string of the molecule is CC(C)n1ccc(CN(CCC(=N)N)C2CC2)n1. The summed E-state index contributed by atoms with van der Waals surface area (Å²) in [6.45, 7) is 6.00. The lowest BCUT2D eigenvalue weighted by Gasteiger charge is -2.20. The summed E-state index contributed by atoms with van der Waals surface area (Å²) in [6, 6.07) is 3.17. The number of nitrogens with one attached hydrogen (secondary N) is 1. The molecule has 1 aromatic rings. The number of nitrogens with two attached hydrogens (primary N) is 1. The van der Waals surface area contributed by atoms with Crippen molar-refractivity contribution in [1.29, 1.82) is 5.41 Å². The molecule has 0 aliphatic heterocycles. The number of rotatable bonds is 7. The fourth-order valence-electron chi connectivity index (χ4n) is 2.05. The molecule has 1 aliphatic rings. The topological polar surface area (TPSA) is 70.9 Å². The zero-order chi connectivity index (χ0) is 13.1. The third-order valence-electron chi connectivity index (χ3n) is 3.29. The molecule has 100 valence electrons. The van der Waals surface area contributed by atoms with Gasteiger partial charge in [0.25, 0.3) is 0 Å². The maximum atomic E-state index is 7.32. The Bertz CT molecular complexity index is 405. The monoisotopic (exact) mass is 249 g/mol. The maximum Gasteiger partial charge on any atom is 0.0918 e. The van der Waals surface area contributed by atoms with Crippen LogP contribution in [0.4, 0.5) is 0 Å². The van der Waals surface area contributed by atoms with Crippen molar-refractivity contribution < 1.29 is 0 Å². The first-order valence-electron chi connectivity index (χ1n) is 6.67. The molecule has 0 aromatic carbocycles. The average molecular weight is 249 g/mol. The number of aromatic nitrogens is 2. The fourth-order valence-corrected chi connectivity index (χ4v) is 2.05. The number of nitrogens with zero attached hydrogens (tertiary/aromatic N) is 3. The standard InChI is InChI=1S/C13H23N5/c1-10(2)18-8-5-11(16-18)9-17(12-3-4-12)7-6-13(14)15/h5,8,10,12H,3-4,6-7,9H2,1-2H3,(H3,14,15). The lowest BCUT2D eigenvalue weighted by molar-refractivity contribution is 0.257. The van der Waals surface area contributed by atoms with Gasteiger partial charge in [-0.05, 0) is 32.8 Å². The molecule has 1 aliphatic carbocycles. The lowest BCUT2D eigenvalue weighted by atomic mass is 10.3. The van der Waals surface area contributed by atoms with Crippen LogP contribution in [0.15, 0.2) is 12.3 Å². The summed E-state index contributed by atoms with van der Waals surface area (Å²) in [6.07, 6.45) is 5.23. The molecule has 1 fully saturated rings. The van der Waals surface area contributed by atoms with Crippen LogP contribution in [0.3, 0.4) is 0 Å². The van der Waals surface area contributed by atoms with Crippen LogP contribution >= 0.6 is 0 Å². The van der Waals surface area contributed by atoms with Crippen LogP contribution in [0.1, 0.15) is 44.8 Å². The number of hydrogen-bond acceptors (Lipinski definition) is 3. The van der Waals surface area contributed by atoms with Crippen molar-refractivity contribution in [2.24, 2.45) is 5.73 Å². The first-order valence-corrected chi connectivity index (χ1v) is 6.67. The highest BCUT2D eigenvalue weighted by Crippen LogP contribution is 2.28. The third-order valence-corrected chi connectivity index (χ3v) is 3.29. The second-order valence-corrected chi connectivity index (χ2v) is 5.36. The van der Waals surface area contributed by atoms with E-state index < -0.39 is 0 Å².